The zero-order valence-electron chi connectivity index (χ0n) is 9.49. The van der Waals surface area contributed by atoms with E-state index in [-0.39, 0.29) is 0 Å². The molecule has 1 aromatic heterocycles. The number of ether oxygens (including phenoxy) is 1. The van der Waals surface area contributed by atoms with Crippen molar-refractivity contribution >= 4 is 15.9 Å². The molecule has 2 rings (SSSR count). The fourth-order valence-electron chi connectivity index (χ4n) is 2.16. The zero-order chi connectivity index (χ0) is 11.2. The highest BCUT2D eigenvalue weighted by molar-refractivity contribution is 9.10. The Kier molecular flexibility index (Phi) is 4.79. The van der Waals surface area contributed by atoms with Gasteiger partial charge in [0.2, 0.25) is 0 Å². The largest absolute Gasteiger partial charge is 0.373 e. The summed E-state index contributed by atoms with van der Waals surface area (Å²) in [4.78, 5) is 4.14. The van der Waals surface area contributed by atoms with E-state index >= 15 is 0 Å². The number of rotatable bonds is 3. The molecule has 88 valence electrons. The highest BCUT2D eigenvalue weighted by Crippen LogP contribution is 2.21. The van der Waals surface area contributed by atoms with Crippen LogP contribution in [0.1, 0.15) is 44.1 Å². The van der Waals surface area contributed by atoms with Crippen LogP contribution >= 0.6 is 15.9 Å². The molecule has 0 bridgehead atoms. The maximum atomic E-state index is 5.94. The second-order valence-electron chi connectivity index (χ2n) is 4.44. The van der Waals surface area contributed by atoms with Gasteiger partial charge in [0.1, 0.15) is 0 Å². The average molecular weight is 284 g/mol. The van der Waals surface area contributed by atoms with Crippen LogP contribution in [0.15, 0.2) is 22.9 Å². The maximum absolute atomic E-state index is 5.94. The van der Waals surface area contributed by atoms with Crippen LogP contribution in [0.25, 0.3) is 0 Å². The molecule has 0 aromatic carbocycles. The fraction of sp³-hybridized carbons (Fsp3) is 0.615. The predicted octanol–water partition coefficient (Wildman–Crippen LogP) is 4.08. The minimum absolute atomic E-state index is 0.460. The molecule has 1 aliphatic rings. The minimum atomic E-state index is 0.460. The lowest BCUT2D eigenvalue weighted by molar-refractivity contribution is 0.0308. The smallest absolute Gasteiger partial charge is 0.0735 e. The van der Waals surface area contributed by atoms with Gasteiger partial charge in [-0.25, -0.2) is 0 Å². The molecule has 1 fully saturated rings. The van der Waals surface area contributed by atoms with Crippen molar-refractivity contribution in [2.24, 2.45) is 0 Å². The summed E-state index contributed by atoms with van der Waals surface area (Å²) in [6, 6.07) is 2.07. The molecule has 1 heterocycles. The second kappa shape index (κ2) is 6.36. The van der Waals surface area contributed by atoms with Gasteiger partial charge in [-0.15, -0.1) is 0 Å². The van der Waals surface area contributed by atoms with E-state index in [1.807, 2.05) is 6.20 Å². The SMILES string of the molecule is Brc1cncc(COC2CCCCCC2)c1. The van der Waals surface area contributed by atoms with Crippen molar-refractivity contribution in [1.82, 2.24) is 4.98 Å². The van der Waals surface area contributed by atoms with Crippen molar-refractivity contribution < 1.29 is 4.74 Å². The van der Waals surface area contributed by atoms with Gasteiger partial charge in [0.05, 0.1) is 12.7 Å². The van der Waals surface area contributed by atoms with Crippen molar-refractivity contribution in [3.8, 4) is 0 Å². The lowest BCUT2D eigenvalue weighted by atomic mass is 10.1. The van der Waals surface area contributed by atoms with Gasteiger partial charge in [0.25, 0.3) is 0 Å². The van der Waals surface area contributed by atoms with Gasteiger partial charge in [-0.1, -0.05) is 25.7 Å². The summed E-state index contributed by atoms with van der Waals surface area (Å²) in [6.07, 6.45) is 12.0. The molecule has 0 radical (unpaired) electrons. The number of aromatic nitrogens is 1. The van der Waals surface area contributed by atoms with Gasteiger partial charge >= 0.3 is 0 Å². The van der Waals surface area contributed by atoms with E-state index in [9.17, 15) is 0 Å². The van der Waals surface area contributed by atoms with E-state index in [1.54, 1.807) is 6.20 Å². The van der Waals surface area contributed by atoms with E-state index in [0.29, 0.717) is 12.7 Å². The van der Waals surface area contributed by atoms with Gasteiger partial charge < -0.3 is 4.74 Å². The number of nitrogens with zero attached hydrogens (tertiary/aromatic N) is 1. The van der Waals surface area contributed by atoms with Gasteiger partial charge in [0, 0.05) is 16.9 Å². The average Bonchev–Trinajstić information content (AvgIpc) is 2.55. The number of hydrogen-bond donors (Lipinski definition) is 0. The van der Waals surface area contributed by atoms with Crippen LogP contribution < -0.4 is 0 Å². The first-order chi connectivity index (χ1) is 7.84. The third kappa shape index (κ3) is 3.87. The predicted molar refractivity (Wildman–Crippen MR) is 68.2 cm³/mol. The van der Waals surface area contributed by atoms with Gasteiger partial charge in [-0.2, -0.15) is 0 Å². The fourth-order valence-corrected chi connectivity index (χ4v) is 2.57. The van der Waals surface area contributed by atoms with Crippen LogP contribution in [-0.2, 0) is 11.3 Å². The molecule has 0 N–H and O–H groups in total. The number of hydrogen-bond acceptors (Lipinski definition) is 2. The molecular weight excluding hydrogens is 266 g/mol. The van der Waals surface area contributed by atoms with E-state index < -0.39 is 0 Å². The molecule has 16 heavy (non-hydrogen) atoms. The first-order valence-electron chi connectivity index (χ1n) is 6.05. The molecular formula is C13H18BrNO. The summed E-state index contributed by atoms with van der Waals surface area (Å²) in [5.74, 6) is 0. The summed E-state index contributed by atoms with van der Waals surface area (Å²) >= 11 is 3.42. The van der Waals surface area contributed by atoms with Crippen molar-refractivity contribution in [2.75, 3.05) is 0 Å². The molecule has 0 spiro atoms. The Morgan fingerprint density at radius 1 is 1.19 bits per heavy atom. The Morgan fingerprint density at radius 3 is 2.62 bits per heavy atom. The van der Waals surface area contributed by atoms with Gasteiger partial charge in [-0.05, 0) is 40.4 Å². The van der Waals surface area contributed by atoms with Crippen molar-refractivity contribution in [2.45, 2.75) is 51.2 Å². The normalized spacial score (nSPS) is 18.3. The van der Waals surface area contributed by atoms with Crippen molar-refractivity contribution in [3.63, 3.8) is 0 Å². The lowest BCUT2D eigenvalue weighted by Gasteiger charge is -2.15. The quantitative estimate of drug-likeness (QED) is 0.780. The van der Waals surface area contributed by atoms with Gasteiger partial charge in [-0.3, -0.25) is 4.98 Å². The topological polar surface area (TPSA) is 22.1 Å². The van der Waals surface area contributed by atoms with Crippen LogP contribution in [0.3, 0.4) is 0 Å². The number of halogens is 1. The molecule has 0 aliphatic heterocycles. The van der Waals surface area contributed by atoms with Crippen LogP contribution in [0.5, 0.6) is 0 Å². The Balaban J connectivity index is 1.81. The van der Waals surface area contributed by atoms with E-state index in [2.05, 4.69) is 27.0 Å². The maximum Gasteiger partial charge on any atom is 0.0735 e. The first kappa shape index (κ1) is 12.1. The highest BCUT2D eigenvalue weighted by atomic mass is 79.9. The van der Waals surface area contributed by atoms with Crippen molar-refractivity contribution in [1.29, 1.82) is 0 Å². The molecule has 2 nitrogen and oxygen atoms in total. The molecule has 0 amide bonds. The van der Waals surface area contributed by atoms with E-state index in [0.717, 1.165) is 10.0 Å². The Bertz CT molecular complexity index is 321. The molecule has 0 atom stereocenters. The molecule has 0 unspecified atom stereocenters. The lowest BCUT2D eigenvalue weighted by Crippen LogP contribution is -2.11. The summed E-state index contributed by atoms with van der Waals surface area (Å²) in [5, 5.41) is 0. The van der Waals surface area contributed by atoms with Crippen LogP contribution in [0.4, 0.5) is 0 Å². The highest BCUT2D eigenvalue weighted by Gasteiger charge is 2.12. The Morgan fingerprint density at radius 2 is 1.94 bits per heavy atom. The van der Waals surface area contributed by atoms with Gasteiger partial charge in [0.15, 0.2) is 0 Å². The van der Waals surface area contributed by atoms with Crippen LogP contribution in [-0.4, -0.2) is 11.1 Å². The molecule has 1 aromatic rings. The second-order valence-corrected chi connectivity index (χ2v) is 5.35. The third-order valence-electron chi connectivity index (χ3n) is 3.05. The molecule has 0 saturated heterocycles. The van der Waals surface area contributed by atoms with E-state index in [4.69, 9.17) is 4.74 Å². The standard InChI is InChI=1S/C13H18BrNO/c14-12-7-11(8-15-9-12)10-16-13-5-3-1-2-4-6-13/h7-9,13H,1-6,10H2. The first-order valence-corrected chi connectivity index (χ1v) is 6.85. The van der Waals surface area contributed by atoms with Crippen LogP contribution in [0.2, 0.25) is 0 Å². The molecule has 1 aliphatic carbocycles. The Labute approximate surface area is 106 Å². The minimum Gasteiger partial charge on any atom is -0.373 e. The summed E-state index contributed by atoms with van der Waals surface area (Å²) in [5.41, 5.74) is 1.15. The van der Waals surface area contributed by atoms with E-state index in [1.165, 1.54) is 38.5 Å². The summed E-state index contributed by atoms with van der Waals surface area (Å²) in [7, 11) is 0. The summed E-state index contributed by atoms with van der Waals surface area (Å²) < 4.78 is 6.97. The van der Waals surface area contributed by atoms with Crippen LogP contribution in [0, 0.1) is 0 Å². The zero-order valence-corrected chi connectivity index (χ0v) is 11.1. The summed E-state index contributed by atoms with van der Waals surface area (Å²) in [6.45, 7) is 0.692. The molecule has 1 saturated carbocycles. The third-order valence-corrected chi connectivity index (χ3v) is 3.48. The monoisotopic (exact) mass is 283 g/mol. The number of pyridine rings is 1. The van der Waals surface area contributed by atoms with Crippen molar-refractivity contribution in [3.05, 3.63) is 28.5 Å². The molecule has 3 heteroatoms. The Hall–Kier alpha value is -0.410.